The number of nitro groups is 1. The summed E-state index contributed by atoms with van der Waals surface area (Å²) >= 11 is 0. The molecule has 0 aromatic heterocycles. The van der Waals surface area contributed by atoms with E-state index in [1.54, 1.807) is 0 Å². The first kappa shape index (κ1) is 13.7. The van der Waals surface area contributed by atoms with Crippen molar-refractivity contribution in [1.82, 2.24) is 0 Å². The van der Waals surface area contributed by atoms with Crippen LogP contribution in [0.1, 0.15) is 0 Å². The number of hydrogen-bond acceptors (Lipinski definition) is 5. The lowest BCUT2D eigenvalue weighted by Gasteiger charge is -2.04. The standard InChI is InChI=1S/C8H7ClFNO5S/c9-17(14,15)4-3-16-6-1-2-8(11(12)13)7(10)5-6/h1-2,5H,3-4H2. The Morgan fingerprint density at radius 1 is 1.47 bits per heavy atom. The fraction of sp³-hybridized carbons (Fsp3) is 0.250. The molecule has 1 aromatic carbocycles. The second-order valence-corrected chi connectivity index (χ2v) is 5.86. The molecule has 0 N–H and O–H groups in total. The first-order chi connectivity index (χ1) is 7.79. The van der Waals surface area contributed by atoms with E-state index in [9.17, 15) is 22.9 Å². The highest BCUT2D eigenvalue weighted by atomic mass is 35.7. The molecule has 6 nitrogen and oxygen atoms in total. The van der Waals surface area contributed by atoms with Crippen molar-refractivity contribution >= 4 is 25.4 Å². The predicted molar refractivity (Wildman–Crippen MR) is 58.2 cm³/mol. The van der Waals surface area contributed by atoms with E-state index < -0.39 is 31.2 Å². The van der Waals surface area contributed by atoms with Gasteiger partial charge in [-0.1, -0.05) is 0 Å². The number of benzene rings is 1. The summed E-state index contributed by atoms with van der Waals surface area (Å²) in [7, 11) is 1.25. The third kappa shape index (κ3) is 4.53. The number of rotatable bonds is 5. The average molecular weight is 284 g/mol. The Hall–Kier alpha value is -1.41. The van der Waals surface area contributed by atoms with Crippen molar-refractivity contribution in [3.63, 3.8) is 0 Å². The zero-order chi connectivity index (χ0) is 13.1. The summed E-state index contributed by atoms with van der Waals surface area (Å²) in [5.41, 5.74) is -0.678. The minimum absolute atomic E-state index is 0.00610. The SMILES string of the molecule is O=[N+]([O-])c1ccc(OCCS(=O)(=O)Cl)cc1F. The highest BCUT2D eigenvalue weighted by molar-refractivity contribution is 8.13. The van der Waals surface area contributed by atoms with Crippen molar-refractivity contribution in [3.8, 4) is 5.75 Å². The van der Waals surface area contributed by atoms with Gasteiger partial charge in [0.2, 0.25) is 14.9 Å². The Morgan fingerprint density at radius 3 is 2.59 bits per heavy atom. The maximum Gasteiger partial charge on any atom is 0.305 e. The second-order valence-electron chi connectivity index (χ2n) is 2.96. The molecule has 0 radical (unpaired) electrons. The summed E-state index contributed by atoms with van der Waals surface area (Å²) in [5, 5.41) is 10.3. The molecule has 1 aromatic rings. The number of hydrogen-bond donors (Lipinski definition) is 0. The van der Waals surface area contributed by atoms with E-state index >= 15 is 0 Å². The largest absolute Gasteiger partial charge is 0.492 e. The fourth-order valence-corrected chi connectivity index (χ4v) is 1.46. The predicted octanol–water partition coefficient (Wildman–Crippen LogP) is 1.68. The van der Waals surface area contributed by atoms with Crippen LogP contribution in [0.2, 0.25) is 0 Å². The summed E-state index contributed by atoms with van der Waals surface area (Å²) in [6, 6.07) is 2.90. The zero-order valence-corrected chi connectivity index (χ0v) is 9.87. The van der Waals surface area contributed by atoms with Gasteiger partial charge >= 0.3 is 5.69 Å². The van der Waals surface area contributed by atoms with Gasteiger partial charge in [0.05, 0.1) is 10.7 Å². The van der Waals surface area contributed by atoms with E-state index in [0.29, 0.717) is 0 Å². The van der Waals surface area contributed by atoms with Crippen molar-refractivity contribution in [2.45, 2.75) is 0 Å². The van der Waals surface area contributed by atoms with E-state index in [-0.39, 0.29) is 12.4 Å². The summed E-state index contributed by atoms with van der Waals surface area (Å²) < 4.78 is 39.1. The van der Waals surface area contributed by atoms with Crippen molar-refractivity contribution in [2.24, 2.45) is 0 Å². The molecular weight excluding hydrogens is 277 g/mol. The molecule has 0 heterocycles. The van der Waals surface area contributed by atoms with Gasteiger partial charge in [-0.3, -0.25) is 10.1 Å². The molecule has 0 aliphatic carbocycles. The van der Waals surface area contributed by atoms with Crippen LogP contribution < -0.4 is 4.74 Å². The number of ether oxygens (including phenoxy) is 1. The van der Waals surface area contributed by atoms with Gasteiger partial charge in [-0.25, -0.2) is 8.42 Å². The molecule has 0 bridgehead atoms. The third-order valence-corrected chi connectivity index (χ3v) is 2.83. The molecule has 0 saturated carbocycles. The number of nitrogens with zero attached hydrogens (tertiary/aromatic N) is 1. The smallest absolute Gasteiger partial charge is 0.305 e. The lowest BCUT2D eigenvalue weighted by atomic mass is 10.3. The van der Waals surface area contributed by atoms with Gasteiger partial charge in [-0.2, -0.15) is 4.39 Å². The van der Waals surface area contributed by atoms with E-state index in [2.05, 4.69) is 0 Å². The van der Waals surface area contributed by atoms with Crippen LogP contribution in [-0.4, -0.2) is 25.7 Å². The van der Waals surface area contributed by atoms with Crippen LogP contribution in [0.3, 0.4) is 0 Å². The summed E-state index contributed by atoms with van der Waals surface area (Å²) in [4.78, 5) is 9.43. The number of halogens is 2. The molecule has 0 aliphatic heterocycles. The minimum Gasteiger partial charge on any atom is -0.492 e. The maximum absolute atomic E-state index is 13.1. The van der Waals surface area contributed by atoms with Crippen LogP contribution in [0, 0.1) is 15.9 Å². The van der Waals surface area contributed by atoms with Crippen LogP contribution in [0.5, 0.6) is 5.75 Å². The Labute approximate surface area is 101 Å². The van der Waals surface area contributed by atoms with Gasteiger partial charge in [0.1, 0.15) is 12.4 Å². The third-order valence-electron chi connectivity index (χ3n) is 1.71. The van der Waals surface area contributed by atoms with E-state index in [1.807, 2.05) is 0 Å². The van der Waals surface area contributed by atoms with Crippen LogP contribution in [0.25, 0.3) is 0 Å². The van der Waals surface area contributed by atoms with Crippen molar-refractivity contribution in [1.29, 1.82) is 0 Å². The molecule has 0 aliphatic rings. The zero-order valence-electron chi connectivity index (χ0n) is 8.30. The van der Waals surface area contributed by atoms with Gasteiger partial charge in [-0.15, -0.1) is 0 Å². The van der Waals surface area contributed by atoms with Crippen LogP contribution in [-0.2, 0) is 9.05 Å². The lowest BCUT2D eigenvalue weighted by molar-refractivity contribution is -0.387. The molecule has 0 unspecified atom stereocenters. The van der Waals surface area contributed by atoms with Crippen LogP contribution in [0.4, 0.5) is 10.1 Å². The van der Waals surface area contributed by atoms with Crippen LogP contribution >= 0.6 is 10.7 Å². The molecule has 9 heteroatoms. The number of nitro benzene ring substituents is 1. The Morgan fingerprint density at radius 2 is 2.12 bits per heavy atom. The van der Waals surface area contributed by atoms with Gasteiger partial charge in [-0.05, 0) is 6.07 Å². The quantitative estimate of drug-likeness (QED) is 0.466. The van der Waals surface area contributed by atoms with E-state index in [1.165, 1.54) is 6.07 Å². The van der Waals surface area contributed by atoms with Crippen molar-refractivity contribution in [2.75, 3.05) is 12.4 Å². The summed E-state index contributed by atoms with van der Waals surface area (Å²) in [5.74, 6) is -1.50. The Kier molecular flexibility index (Phi) is 4.24. The topological polar surface area (TPSA) is 86.5 Å². The van der Waals surface area contributed by atoms with Crippen molar-refractivity contribution in [3.05, 3.63) is 34.1 Å². The Bertz CT molecular complexity index is 533. The summed E-state index contributed by atoms with van der Waals surface area (Å²) in [6.07, 6.45) is 0. The molecule has 0 fully saturated rings. The molecule has 0 atom stereocenters. The van der Waals surface area contributed by atoms with Gasteiger partial charge in [0.15, 0.2) is 0 Å². The molecule has 1 rings (SSSR count). The van der Waals surface area contributed by atoms with E-state index in [0.717, 1.165) is 12.1 Å². The molecular formula is C8H7ClFNO5S. The monoisotopic (exact) mass is 283 g/mol. The first-order valence-corrected chi connectivity index (χ1v) is 6.76. The first-order valence-electron chi connectivity index (χ1n) is 4.28. The molecule has 0 saturated heterocycles. The normalized spacial score (nSPS) is 11.2. The van der Waals surface area contributed by atoms with Crippen LogP contribution in [0.15, 0.2) is 18.2 Å². The van der Waals surface area contributed by atoms with E-state index in [4.69, 9.17) is 15.4 Å². The maximum atomic E-state index is 13.1. The summed E-state index contributed by atoms with van der Waals surface area (Å²) in [6.45, 7) is -0.261. The highest BCUT2D eigenvalue weighted by Crippen LogP contribution is 2.22. The van der Waals surface area contributed by atoms with Gasteiger partial charge < -0.3 is 4.74 Å². The molecule has 0 spiro atoms. The molecule has 17 heavy (non-hydrogen) atoms. The fourth-order valence-electron chi connectivity index (χ4n) is 0.985. The average Bonchev–Trinajstić information content (AvgIpc) is 2.15. The highest BCUT2D eigenvalue weighted by Gasteiger charge is 2.14. The lowest BCUT2D eigenvalue weighted by Crippen LogP contribution is -2.08. The van der Waals surface area contributed by atoms with Gasteiger partial charge in [0.25, 0.3) is 0 Å². The molecule has 0 amide bonds. The minimum atomic E-state index is -3.68. The molecule has 94 valence electrons. The second kappa shape index (κ2) is 5.28. The van der Waals surface area contributed by atoms with Gasteiger partial charge in [0, 0.05) is 22.8 Å². The van der Waals surface area contributed by atoms with Crippen molar-refractivity contribution < 1.29 is 22.5 Å². The Balaban J connectivity index is 2.68.